The molecule has 6 nitrogen and oxygen atoms in total. The van der Waals surface area contributed by atoms with Gasteiger partial charge in [0.15, 0.2) is 5.82 Å². The number of fused-ring (bicyclic) bond motifs is 1. The summed E-state index contributed by atoms with van der Waals surface area (Å²) in [5.41, 5.74) is 0.562. The van der Waals surface area contributed by atoms with Gasteiger partial charge in [0.25, 0.3) is 5.88 Å². The third-order valence-corrected chi connectivity index (χ3v) is 2.11. The molecule has 2 rings (SSSR count). The molecule has 0 spiro atoms. The molecule has 0 unspecified atom stereocenters. The Labute approximate surface area is 91.2 Å². The quantitative estimate of drug-likeness (QED) is 0.828. The lowest BCUT2D eigenvalue weighted by Crippen LogP contribution is -2.09. The van der Waals surface area contributed by atoms with Crippen molar-refractivity contribution in [2.75, 3.05) is 14.2 Å². The first-order chi connectivity index (χ1) is 7.26. The van der Waals surface area contributed by atoms with E-state index in [4.69, 9.17) is 16.3 Å². The van der Waals surface area contributed by atoms with Gasteiger partial charge in [-0.2, -0.15) is 4.98 Å². The number of rotatable bonds is 3. The standard InChI is InChI=1S/C8H10ClN5O/c1-10-3-6-12-13-7-8(15-2)11-5(9)4-14(6)7/h4,10H,3H2,1-2H3. The highest BCUT2D eigenvalue weighted by molar-refractivity contribution is 6.29. The fourth-order valence-corrected chi connectivity index (χ4v) is 1.48. The summed E-state index contributed by atoms with van der Waals surface area (Å²) in [4.78, 5) is 3.99. The van der Waals surface area contributed by atoms with E-state index in [1.165, 1.54) is 7.11 Å². The molecule has 0 atom stereocenters. The van der Waals surface area contributed by atoms with Crippen LogP contribution in [0.2, 0.25) is 5.15 Å². The van der Waals surface area contributed by atoms with Crippen molar-refractivity contribution in [2.24, 2.45) is 0 Å². The number of ether oxygens (including phenoxy) is 1. The Kier molecular flexibility index (Phi) is 2.70. The van der Waals surface area contributed by atoms with Crippen LogP contribution in [0.15, 0.2) is 6.20 Å². The van der Waals surface area contributed by atoms with Crippen LogP contribution in [0.5, 0.6) is 5.88 Å². The second-order valence-electron chi connectivity index (χ2n) is 2.91. The third-order valence-electron chi connectivity index (χ3n) is 1.93. The van der Waals surface area contributed by atoms with Crippen molar-refractivity contribution in [3.63, 3.8) is 0 Å². The van der Waals surface area contributed by atoms with E-state index in [-0.39, 0.29) is 0 Å². The molecule has 0 amide bonds. The minimum Gasteiger partial charge on any atom is -0.478 e. The largest absolute Gasteiger partial charge is 0.478 e. The molecule has 0 fully saturated rings. The zero-order chi connectivity index (χ0) is 10.8. The van der Waals surface area contributed by atoms with Gasteiger partial charge in [-0.25, -0.2) is 0 Å². The molecule has 2 heterocycles. The van der Waals surface area contributed by atoms with Crippen LogP contribution in [0.25, 0.3) is 5.65 Å². The molecule has 0 aliphatic carbocycles. The molecule has 80 valence electrons. The molecule has 0 aromatic carbocycles. The zero-order valence-corrected chi connectivity index (χ0v) is 9.12. The van der Waals surface area contributed by atoms with Gasteiger partial charge >= 0.3 is 0 Å². The first kappa shape index (κ1) is 10.1. The van der Waals surface area contributed by atoms with E-state index in [0.29, 0.717) is 23.2 Å². The van der Waals surface area contributed by atoms with Crippen LogP contribution in [0.3, 0.4) is 0 Å². The molecule has 0 saturated heterocycles. The Bertz CT molecular complexity index is 483. The number of halogens is 1. The molecule has 7 heteroatoms. The molecule has 0 saturated carbocycles. The Hall–Kier alpha value is -1.40. The molecule has 0 radical (unpaired) electrons. The summed E-state index contributed by atoms with van der Waals surface area (Å²) in [6.07, 6.45) is 1.66. The molecule has 2 aromatic rings. The monoisotopic (exact) mass is 227 g/mol. The van der Waals surface area contributed by atoms with Crippen LogP contribution < -0.4 is 10.1 Å². The van der Waals surface area contributed by atoms with E-state index in [9.17, 15) is 0 Å². The lowest BCUT2D eigenvalue weighted by molar-refractivity contribution is 0.400. The van der Waals surface area contributed by atoms with Gasteiger partial charge in [-0.3, -0.25) is 4.40 Å². The van der Waals surface area contributed by atoms with E-state index in [2.05, 4.69) is 20.5 Å². The summed E-state index contributed by atoms with van der Waals surface area (Å²) in [6.45, 7) is 0.602. The molecule has 2 aromatic heterocycles. The normalized spacial score (nSPS) is 10.9. The number of nitrogens with one attached hydrogen (secondary N) is 1. The molecule has 0 aliphatic rings. The fraction of sp³-hybridized carbons (Fsp3) is 0.375. The topological polar surface area (TPSA) is 64.3 Å². The summed E-state index contributed by atoms with van der Waals surface area (Å²) in [7, 11) is 3.35. The molecule has 15 heavy (non-hydrogen) atoms. The van der Waals surface area contributed by atoms with E-state index in [1.54, 1.807) is 10.6 Å². The van der Waals surface area contributed by atoms with E-state index < -0.39 is 0 Å². The minimum atomic E-state index is 0.344. The van der Waals surface area contributed by atoms with Gasteiger partial charge in [-0.1, -0.05) is 11.6 Å². The minimum absolute atomic E-state index is 0.344. The Morgan fingerprint density at radius 2 is 2.33 bits per heavy atom. The number of methoxy groups -OCH3 is 1. The number of hydrogen-bond donors (Lipinski definition) is 1. The lowest BCUT2D eigenvalue weighted by Gasteiger charge is -2.02. The van der Waals surface area contributed by atoms with Crippen LogP contribution in [0, 0.1) is 0 Å². The first-order valence-corrected chi connectivity index (χ1v) is 4.72. The van der Waals surface area contributed by atoms with Crippen molar-refractivity contribution < 1.29 is 4.74 Å². The number of aromatic nitrogens is 4. The van der Waals surface area contributed by atoms with Crippen LogP contribution >= 0.6 is 11.6 Å². The number of nitrogens with zero attached hydrogens (tertiary/aromatic N) is 4. The van der Waals surface area contributed by atoms with Crippen molar-refractivity contribution >= 4 is 17.2 Å². The van der Waals surface area contributed by atoms with Gasteiger partial charge in [-0.05, 0) is 7.05 Å². The van der Waals surface area contributed by atoms with Gasteiger partial charge in [0, 0.05) is 0 Å². The predicted octanol–water partition coefficient (Wildman–Crippen LogP) is 0.506. The van der Waals surface area contributed by atoms with Crippen molar-refractivity contribution in [3.05, 3.63) is 17.2 Å². The number of hydrogen-bond acceptors (Lipinski definition) is 5. The highest BCUT2D eigenvalue weighted by Crippen LogP contribution is 2.18. The van der Waals surface area contributed by atoms with Crippen molar-refractivity contribution in [1.29, 1.82) is 0 Å². The molecule has 1 N–H and O–H groups in total. The maximum absolute atomic E-state index is 5.84. The Morgan fingerprint density at radius 1 is 1.53 bits per heavy atom. The fourth-order valence-electron chi connectivity index (χ4n) is 1.30. The molecule has 0 aliphatic heterocycles. The Morgan fingerprint density at radius 3 is 3.00 bits per heavy atom. The zero-order valence-electron chi connectivity index (χ0n) is 8.36. The summed E-state index contributed by atoms with van der Waals surface area (Å²) in [6, 6.07) is 0. The van der Waals surface area contributed by atoms with Crippen LogP contribution in [-0.4, -0.2) is 33.7 Å². The van der Waals surface area contributed by atoms with Gasteiger partial charge < -0.3 is 10.1 Å². The summed E-state index contributed by atoms with van der Waals surface area (Å²) >= 11 is 5.84. The maximum Gasteiger partial charge on any atom is 0.261 e. The second-order valence-corrected chi connectivity index (χ2v) is 3.30. The van der Waals surface area contributed by atoms with E-state index >= 15 is 0 Å². The lowest BCUT2D eigenvalue weighted by atomic mass is 10.5. The highest BCUT2D eigenvalue weighted by Gasteiger charge is 2.11. The van der Waals surface area contributed by atoms with Crippen molar-refractivity contribution in [1.82, 2.24) is 24.9 Å². The van der Waals surface area contributed by atoms with Gasteiger partial charge in [0.1, 0.15) is 5.15 Å². The first-order valence-electron chi connectivity index (χ1n) is 4.35. The summed E-state index contributed by atoms with van der Waals surface area (Å²) in [5, 5.41) is 11.3. The highest BCUT2D eigenvalue weighted by atomic mass is 35.5. The van der Waals surface area contributed by atoms with Crippen molar-refractivity contribution in [2.45, 2.75) is 6.54 Å². The molecule has 0 bridgehead atoms. The molecular weight excluding hydrogens is 218 g/mol. The van der Waals surface area contributed by atoms with Gasteiger partial charge in [-0.15, -0.1) is 10.2 Å². The molecular formula is C8H10ClN5O. The van der Waals surface area contributed by atoms with Crippen LogP contribution in [0.4, 0.5) is 0 Å². The average molecular weight is 228 g/mol. The summed E-state index contributed by atoms with van der Waals surface area (Å²) in [5.74, 6) is 1.13. The maximum atomic E-state index is 5.84. The predicted molar refractivity (Wildman–Crippen MR) is 55.1 cm³/mol. The Balaban J connectivity index is 2.64. The van der Waals surface area contributed by atoms with E-state index in [0.717, 1.165) is 5.82 Å². The second kappa shape index (κ2) is 4.00. The third kappa shape index (κ3) is 1.73. The van der Waals surface area contributed by atoms with Gasteiger partial charge in [0.05, 0.1) is 19.9 Å². The average Bonchev–Trinajstić information content (AvgIpc) is 2.61. The van der Waals surface area contributed by atoms with Gasteiger partial charge in [0.2, 0.25) is 5.65 Å². The smallest absolute Gasteiger partial charge is 0.261 e. The van der Waals surface area contributed by atoms with Crippen LogP contribution in [-0.2, 0) is 6.54 Å². The van der Waals surface area contributed by atoms with Crippen LogP contribution in [0.1, 0.15) is 5.82 Å². The van der Waals surface area contributed by atoms with Crippen molar-refractivity contribution in [3.8, 4) is 5.88 Å². The SMILES string of the molecule is CNCc1nnc2c(OC)nc(Cl)cn12. The summed E-state index contributed by atoms with van der Waals surface area (Å²) < 4.78 is 6.82. The van der Waals surface area contributed by atoms with E-state index in [1.807, 2.05) is 7.05 Å².